The van der Waals surface area contributed by atoms with Gasteiger partial charge in [0.15, 0.2) is 0 Å². The standard InChI is InChI=1S/C17H21BrN2O/c1-2-11-7-9-19-15(10-11)17(21)13-5-6-14(18)12-4-3-8-20-16(12)13/h3-6,8,11,15,17,19,21H,2,7,9-10H2,1H3. The third-order valence-electron chi connectivity index (χ3n) is 4.57. The maximum atomic E-state index is 10.8. The molecule has 21 heavy (non-hydrogen) atoms. The molecule has 1 saturated heterocycles. The zero-order valence-corrected chi connectivity index (χ0v) is 13.8. The molecule has 112 valence electrons. The van der Waals surface area contributed by atoms with Gasteiger partial charge in [0.1, 0.15) is 0 Å². The Labute approximate surface area is 133 Å². The molecule has 0 aliphatic carbocycles. The Hall–Kier alpha value is -0.970. The summed E-state index contributed by atoms with van der Waals surface area (Å²) in [5.41, 5.74) is 1.81. The summed E-state index contributed by atoms with van der Waals surface area (Å²) < 4.78 is 1.02. The number of benzene rings is 1. The van der Waals surface area contributed by atoms with Gasteiger partial charge in [-0.05, 0) is 37.4 Å². The Balaban J connectivity index is 1.94. The van der Waals surface area contributed by atoms with Crippen LogP contribution in [0.2, 0.25) is 0 Å². The maximum absolute atomic E-state index is 10.8. The van der Waals surface area contributed by atoms with Gasteiger partial charge in [-0.3, -0.25) is 4.98 Å². The van der Waals surface area contributed by atoms with Crippen molar-refractivity contribution in [1.29, 1.82) is 0 Å². The van der Waals surface area contributed by atoms with Gasteiger partial charge >= 0.3 is 0 Å². The molecule has 2 heterocycles. The van der Waals surface area contributed by atoms with Crippen LogP contribution in [0.15, 0.2) is 34.9 Å². The van der Waals surface area contributed by atoms with Crippen molar-refractivity contribution < 1.29 is 5.11 Å². The van der Waals surface area contributed by atoms with E-state index < -0.39 is 6.10 Å². The zero-order valence-electron chi connectivity index (χ0n) is 12.2. The van der Waals surface area contributed by atoms with Crippen LogP contribution in [0.25, 0.3) is 10.9 Å². The lowest BCUT2D eigenvalue weighted by Gasteiger charge is -2.33. The van der Waals surface area contributed by atoms with Gasteiger partial charge in [0, 0.05) is 27.7 Å². The fourth-order valence-corrected chi connectivity index (χ4v) is 3.71. The van der Waals surface area contributed by atoms with Gasteiger partial charge in [-0.15, -0.1) is 0 Å². The Morgan fingerprint density at radius 3 is 3.10 bits per heavy atom. The largest absolute Gasteiger partial charge is 0.387 e. The molecule has 3 nitrogen and oxygen atoms in total. The van der Waals surface area contributed by atoms with Crippen molar-refractivity contribution in [2.24, 2.45) is 5.92 Å². The van der Waals surface area contributed by atoms with Crippen LogP contribution < -0.4 is 5.32 Å². The molecule has 3 rings (SSSR count). The van der Waals surface area contributed by atoms with Crippen LogP contribution in [0.1, 0.15) is 37.9 Å². The number of nitrogens with zero attached hydrogens (tertiary/aromatic N) is 1. The van der Waals surface area contributed by atoms with Crippen LogP contribution in [0, 0.1) is 5.92 Å². The van der Waals surface area contributed by atoms with Gasteiger partial charge < -0.3 is 10.4 Å². The quantitative estimate of drug-likeness (QED) is 0.886. The van der Waals surface area contributed by atoms with Gasteiger partial charge in [-0.2, -0.15) is 0 Å². The normalized spacial score (nSPS) is 24.1. The number of aliphatic hydroxyl groups is 1. The van der Waals surface area contributed by atoms with Crippen molar-refractivity contribution in [3.8, 4) is 0 Å². The first kappa shape index (κ1) is 14.9. The lowest BCUT2D eigenvalue weighted by molar-refractivity contribution is 0.0989. The molecule has 1 aliphatic rings. The number of hydrogen-bond donors (Lipinski definition) is 2. The van der Waals surface area contributed by atoms with Crippen molar-refractivity contribution in [1.82, 2.24) is 10.3 Å². The second-order valence-electron chi connectivity index (χ2n) is 5.84. The van der Waals surface area contributed by atoms with Gasteiger partial charge in [0.05, 0.1) is 11.6 Å². The lowest BCUT2D eigenvalue weighted by Crippen LogP contribution is -2.42. The minimum atomic E-state index is -0.509. The molecular formula is C17H21BrN2O. The third kappa shape index (κ3) is 2.98. The molecule has 4 heteroatoms. The second-order valence-corrected chi connectivity index (χ2v) is 6.69. The van der Waals surface area contributed by atoms with Crippen molar-refractivity contribution in [3.63, 3.8) is 0 Å². The van der Waals surface area contributed by atoms with E-state index in [9.17, 15) is 5.11 Å². The maximum Gasteiger partial charge on any atom is 0.0964 e. The topological polar surface area (TPSA) is 45.1 Å². The fourth-order valence-electron chi connectivity index (χ4n) is 3.26. The summed E-state index contributed by atoms with van der Waals surface area (Å²) in [6.07, 6.45) is 4.70. The predicted octanol–water partition coefficient (Wildman–Crippen LogP) is 3.81. The number of aliphatic hydroxyl groups excluding tert-OH is 1. The van der Waals surface area contributed by atoms with Crippen LogP contribution in [0.3, 0.4) is 0 Å². The van der Waals surface area contributed by atoms with E-state index in [1.54, 1.807) is 6.20 Å². The highest BCUT2D eigenvalue weighted by Crippen LogP contribution is 2.33. The average Bonchev–Trinajstić information content (AvgIpc) is 2.55. The van der Waals surface area contributed by atoms with Gasteiger partial charge in [-0.25, -0.2) is 0 Å². The van der Waals surface area contributed by atoms with E-state index in [1.165, 1.54) is 12.8 Å². The zero-order chi connectivity index (χ0) is 14.8. The van der Waals surface area contributed by atoms with E-state index >= 15 is 0 Å². The summed E-state index contributed by atoms with van der Waals surface area (Å²) in [6.45, 7) is 3.22. The number of pyridine rings is 1. The first-order valence-electron chi connectivity index (χ1n) is 7.65. The summed E-state index contributed by atoms with van der Waals surface area (Å²) in [5, 5.41) is 15.4. The highest BCUT2D eigenvalue weighted by Gasteiger charge is 2.28. The summed E-state index contributed by atoms with van der Waals surface area (Å²) >= 11 is 3.56. The SMILES string of the molecule is CCC1CCNC(C(O)c2ccc(Br)c3cccnc23)C1. The smallest absolute Gasteiger partial charge is 0.0964 e. The second kappa shape index (κ2) is 6.42. The molecule has 1 fully saturated rings. The molecular weight excluding hydrogens is 328 g/mol. The Bertz CT molecular complexity index is 631. The minimum Gasteiger partial charge on any atom is -0.387 e. The van der Waals surface area contributed by atoms with Crippen LogP contribution in [-0.4, -0.2) is 22.7 Å². The van der Waals surface area contributed by atoms with Gasteiger partial charge in [0.2, 0.25) is 0 Å². The molecule has 0 spiro atoms. The van der Waals surface area contributed by atoms with Crippen molar-refractivity contribution in [2.75, 3.05) is 6.54 Å². The van der Waals surface area contributed by atoms with Crippen LogP contribution >= 0.6 is 15.9 Å². The van der Waals surface area contributed by atoms with Crippen LogP contribution in [0.4, 0.5) is 0 Å². The van der Waals surface area contributed by atoms with E-state index in [0.29, 0.717) is 5.92 Å². The van der Waals surface area contributed by atoms with Crippen molar-refractivity contribution in [3.05, 3.63) is 40.5 Å². The van der Waals surface area contributed by atoms with Crippen LogP contribution in [0.5, 0.6) is 0 Å². The van der Waals surface area contributed by atoms with E-state index in [0.717, 1.165) is 33.9 Å². The summed E-state index contributed by atoms with van der Waals surface area (Å²) in [4.78, 5) is 4.48. The molecule has 1 aromatic carbocycles. The summed E-state index contributed by atoms with van der Waals surface area (Å²) in [7, 11) is 0. The number of piperidine rings is 1. The number of nitrogens with one attached hydrogen (secondary N) is 1. The highest BCUT2D eigenvalue weighted by molar-refractivity contribution is 9.10. The summed E-state index contributed by atoms with van der Waals surface area (Å²) in [6, 6.07) is 8.07. The average molecular weight is 349 g/mol. The molecule has 1 aliphatic heterocycles. The Morgan fingerprint density at radius 1 is 1.43 bits per heavy atom. The Morgan fingerprint density at radius 2 is 2.29 bits per heavy atom. The lowest BCUT2D eigenvalue weighted by atomic mass is 9.86. The molecule has 2 aromatic rings. The molecule has 0 bridgehead atoms. The molecule has 0 saturated carbocycles. The first-order valence-corrected chi connectivity index (χ1v) is 8.44. The molecule has 1 aromatic heterocycles. The Kier molecular flexibility index (Phi) is 4.57. The van der Waals surface area contributed by atoms with Crippen molar-refractivity contribution >= 4 is 26.8 Å². The van der Waals surface area contributed by atoms with E-state index in [-0.39, 0.29) is 6.04 Å². The molecule has 2 N–H and O–H groups in total. The van der Waals surface area contributed by atoms with E-state index in [4.69, 9.17) is 0 Å². The number of aromatic nitrogens is 1. The van der Waals surface area contributed by atoms with Crippen molar-refractivity contribution in [2.45, 2.75) is 38.3 Å². The van der Waals surface area contributed by atoms with Gasteiger partial charge in [-0.1, -0.05) is 41.4 Å². The fraction of sp³-hybridized carbons (Fsp3) is 0.471. The van der Waals surface area contributed by atoms with Gasteiger partial charge in [0.25, 0.3) is 0 Å². The third-order valence-corrected chi connectivity index (χ3v) is 5.26. The first-order chi connectivity index (χ1) is 10.2. The minimum absolute atomic E-state index is 0.120. The number of rotatable bonds is 3. The number of hydrogen-bond acceptors (Lipinski definition) is 3. The molecule has 3 atom stereocenters. The number of halogens is 1. The summed E-state index contributed by atoms with van der Waals surface area (Å²) in [5.74, 6) is 0.709. The molecule has 0 amide bonds. The van der Waals surface area contributed by atoms with E-state index in [1.807, 2.05) is 24.3 Å². The number of fused-ring (bicyclic) bond motifs is 1. The van der Waals surface area contributed by atoms with Crippen LogP contribution in [-0.2, 0) is 0 Å². The highest BCUT2D eigenvalue weighted by atomic mass is 79.9. The predicted molar refractivity (Wildman–Crippen MR) is 89.2 cm³/mol. The van der Waals surface area contributed by atoms with E-state index in [2.05, 4.69) is 33.2 Å². The monoisotopic (exact) mass is 348 g/mol. The molecule has 0 radical (unpaired) electrons. The molecule has 3 unspecified atom stereocenters.